The van der Waals surface area contributed by atoms with Crippen molar-refractivity contribution in [1.82, 2.24) is 0 Å². The fourth-order valence-electron chi connectivity index (χ4n) is 7.67. The number of benzene rings is 3. The first-order valence-corrected chi connectivity index (χ1v) is 22.0. The lowest BCUT2D eigenvalue weighted by Crippen LogP contribution is -2.70. The predicted octanol–water partition coefficient (Wildman–Crippen LogP) is 12.6. The van der Waals surface area contributed by atoms with Crippen molar-refractivity contribution in [2.45, 2.75) is 182 Å². The van der Waals surface area contributed by atoms with Crippen LogP contribution in [0.3, 0.4) is 0 Å². The maximum absolute atomic E-state index is 2.91. The number of hydrogen-bond donors (Lipinski definition) is 0. The second-order valence-electron chi connectivity index (χ2n) is 22.1. The minimum atomic E-state index is -2.91. The molecule has 0 amide bonds. The second-order valence-corrected chi connectivity index (χ2v) is 26.0. The van der Waals surface area contributed by atoms with Crippen LogP contribution >= 0.6 is 0 Å². The molecule has 0 fully saturated rings. The Bertz CT molecular complexity index is 1500. The van der Waals surface area contributed by atoms with Crippen LogP contribution in [-0.2, 0) is 32.5 Å². The molecule has 1 heteroatoms. The third kappa shape index (κ3) is 8.61. The Labute approximate surface area is 316 Å². The summed E-state index contributed by atoms with van der Waals surface area (Å²) in [6, 6.07) is 23.6. The zero-order chi connectivity index (χ0) is 38.8. The van der Waals surface area contributed by atoms with E-state index in [1.54, 1.807) is 21.1 Å². The SMILES string of the molecule is CCCC1=CC=CC1[Si](c1cc(C(C)(C)C)cc(C(C)(C)C)c1)(c1cc(C(C)(C)C)cc(C(C)(C)C)c1)c1cc(C(C)(C)C)cc(C(C)(C)C)c1. The van der Waals surface area contributed by atoms with Crippen molar-refractivity contribution < 1.29 is 0 Å². The van der Waals surface area contributed by atoms with Gasteiger partial charge in [-0.15, -0.1) is 0 Å². The molecule has 0 N–H and O–H groups in total. The highest BCUT2D eigenvalue weighted by Crippen LogP contribution is 2.42. The first kappa shape index (κ1) is 41.1. The highest BCUT2D eigenvalue weighted by Gasteiger charge is 2.49. The third-order valence-electron chi connectivity index (χ3n) is 11.4. The maximum Gasteiger partial charge on any atom is 0.159 e. The molecule has 0 saturated heterocycles. The molecule has 278 valence electrons. The molecule has 0 heterocycles. The Kier molecular flexibility index (Phi) is 11.0. The Morgan fingerprint density at radius 2 is 0.667 bits per heavy atom. The van der Waals surface area contributed by atoms with Crippen molar-refractivity contribution in [1.29, 1.82) is 0 Å². The summed E-state index contributed by atoms with van der Waals surface area (Å²) in [5.41, 5.74) is 10.6. The first-order valence-electron chi connectivity index (χ1n) is 19.9. The van der Waals surface area contributed by atoms with Crippen molar-refractivity contribution in [3.8, 4) is 0 Å². The van der Waals surface area contributed by atoms with Gasteiger partial charge in [-0.3, -0.25) is 0 Å². The van der Waals surface area contributed by atoms with Gasteiger partial charge in [0.1, 0.15) is 0 Å². The fraction of sp³-hybridized carbons (Fsp3) is 0.560. The highest BCUT2D eigenvalue weighted by molar-refractivity contribution is 7.13. The molecule has 0 radical (unpaired) electrons. The second kappa shape index (κ2) is 13.6. The quantitative estimate of drug-likeness (QED) is 0.177. The van der Waals surface area contributed by atoms with E-state index in [0.29, 0.717) is 5.54 Å². The van der Waals surface area contributed by atoms with Crippen LogP contribution < -0.4 is 15.6 Å². The average Bonchev–Trinajstić information content (AvgIpc) is 3.43. The summed E-state index contributed by atoms with van der Waals surface area (Å²) in [5, 5.41) is 4.65. The van der Waals surface area contributed by atoms with Gasteiger partial charge in [0.05, 0.1) is 0 Å². The van der Waals surface area contributed by atoms with Crippen LogP contribution in [0.5, 0.6) is 0 Å². The largest absolute Gasteiger partial charge is 0.159 e. The topological polar surface area (TPSA) is 0 Å². The van der Waals surface area contributed by atoms with E-state index >= 15 is 0 Å². The van der Waals surface area contributed by atoms with Gasteiger partial charge in [-0.05, 0) is 87.9 Å². The van der Waals surface area contributed by atoms with Crippen molar-refractivity contribution in [2.75, 3.05) is 0 Å². The molecule has 0 bridgehead atoms. The molecule has 0 nitrogen and oxygen atoms in total. The Hall–Kier alpha value is -2.64. The third-order valence-corrected chi connectivity index (χ3v) is 16.5. The lowest BCUT2D eigenvalue weighted by atomic mass is 9.80. The molecular formula is C50H74Si. The highest BCUT2D eigenvalue weighted by atomic mass is 28.3. The van der Waals surface area contributed by atoms with Gasteiger partial charge < -0.3 is 0 Å². The van der Waals surface area contributed by atoms with E-state index in [1.807, 2.05) is 0 Å². The lowest BCUT2D eigenvalue weighted by Gasteiger charge is -2.43. The molecule has 4 rings (SSSR count). The van der Waals surface area contributed by atoms with Crippen LogP contribution in [0, 0.1) is 0 Å². The molecule has 0 aromatic heterocycles. The van der Waals surface area contributed by atoms with Crippen LogP contribution in [0.1, 0.15) is 178 Å². The zero-order valence-corrected chi connectivity index (χ0v) is 37.4. The zero-order valence-electron chi connectivity index (χ0n) is 36.4. The van der Waals surface area contributed by atoms with Crippen LogP contribution in [0.15, 0.2) is 78.4 Å². The van der Waals surface area contributed by atoms with Crippen molar-refractivity contribution >= 4 is 23.6 Å². The van der Waals surface area contributed by atoms with Gasteiger partial charge in [0.2, 0.25) is 0 Å². The Morgan fingerprint density at radius 1 is 0.412 bits per heavy atom. The molecule has 1 unspecified atom stereocenters. The van der Waals surface area contributed by atoms with Crippen LogP contribution in [0.25, 0.3) is 0 Å². The molecular weight excluding hydrogens is 629 g/mol. The van der Waals surface area contributed by atoms with E-state index < -0.39 is 8.07 Å². The molecule has 3 aromatic carbocycles. The van der Waals surface area contributed by atoms with E-state index in [-0.39, 0.29) is 32.5 Å². The van der Waals surface area contributed by atoms with Gasteiger partial charge in [0.15, 0.2) is 8.07 Å². The lowest BCUT2D eigenvalue weighted by molar-refractivity contribution is 0.569. The summed E-state index contributed by atoms with van der Waals surface area (Å²) in [6.07, 6.45) is 9.75. The van der Waals surface area contributed by atoms with Crippen LogP contribution in [-0.4, -0.2) is 8.07 Å². The smallest absolute Gasteiger partial charge is 0.0790 e. The minimum Gasteiger partial charge on any atom is -0.0790 e. The van der Waals surface area contributed by atoms with Crippen molar-refractivity contribution in [3.05, 3.63) is 112 Å². The average molecular weight is 703 g/mol. The minimum absolute atomic E-state index is 0.0113. The molecule has 1 aliphatic carbocycles. The molecule has 1 aliphatic rings. The summed E-state index contributed by atoms with van der Waals surface area (Å²) in [5.74, 6) is 0. The summed E-state index contributed by atoms with van der Waals surface area (Å²) in [6.45, 7) is 45.5. The van der Waals surface area contributed by atoms with Gasteiger partial charge >= 0.3 is 0 Å². The molecule has 51 heavy (non-hydrogen) atoms. The summed E-state index contributed by atoms with van der Waals surface area (Å²) in [7, 11) is -2.91. The maximum atomic E-state index is 2.66. The molecule has 1 atom stereocenters. The Balaban J connectivity index is 2.46. The van der Waals surface area contributed by atoms with E-state index in [1.165, 1.54) is 33.4 Å². The van der Waals surface area contributed by atoms with Gasteiger partial charge in [-0.25, -0.2) is 0 Å². The first-order chi connectivity index (χ1) is 23.0. The van der Waals surface area contributed by atoms with Gasteiger partial charge in [0, 0.05) is 5.54 Å². The van der Waals surface area contributed by atoms with E-state index in [9.17, 15) is 0 Å². The fourth-order valence-corrected chi connectivity index (χ4v) is 13.2. The summed E-state index contributed by atoms with van der Waals surface area (Å²) < 4.78 is 0. The molecule has 0 aliphatic heterocycles. The number of hydrogen-bond acceptors (Lipinski definition) is 0. The van der Waals surface area contributed by atoms with Crippen LogP contribution in [0.2, 0.25) is 5.54 Å². The van der Waals surface area contributed by atoms with E-state index in [2.05, 4.69) is 204 Å². The molecule has 0 spiro atoms. The molecule has 0 saturated carbocycles. The predicted molar refractivity (Wildman–Crippen MR) is 232 cm³/mol. The standard InChI is InChI=1S/C50H74Si/c1-20-22-34-23-21-24-44(34)51(41-28-35(45(2,3)4)25-36(29-41)46(5,6)7,42-30-37(47(8,9)10)26-38(31-42)48(11,12)13)43-32-39(49(14,15)16)27-40(33-43)50(17,18)19/h21,23-33,44H,20,22H2,1-19H3. The van der Waals surface area contributed by atoms with E-state index in [0.717, 1.165) is 12.8 Å². The monoisotopic (exact) mass is 703 g/mol. The van der Waals surface area contributed by atoms with Crippen molar-refractivity contribution in [2.24, 2.45) is 0 Å². The molecule has 3 aromatic rings. The summed E-state index contributed by atoms with van der Waals surface area (Å²) in [4.78, 5) is 0. The van der Waals surface area contributed by atoms with Crippen LogP contribution in [0.4, 0.5) is 0 Å². The summed E-state index contributed by atoms with van der Waals surface area (Å²) >= 11 is 0. The Morgan fingerprint density at radius 3 is 0.882 bits per heavy atom. The van der Waals surface area contributed by atoms with Crippen molar-refractivity contribution in [3.63, 3.8) is 0 Å². The number of allylic oxidation sites excluding steroid dienone is 4. The van der Waals surface area contributed by atoms with Gasteiger partial charge in [0.25, 0.3) is 0 Å². The van der Waals surface area contributed by atoms with Gasteiger partial charge in [-0.2, -0.15) is 0 Å². The van der Waals surface area contributed by atoms with Gasteiger partial charge in [-0.1, -0.05) is 216 Å². The van der Waals surface area contributed by atoms with E-state index in [4.69, 9.17) is 0 Å². The normalized spacial score (nSPS) is 16.5. The number of rotatable bonds is 6.